The van der Waals surface area contributed by atoms with Crippen molar-refractivity contribution in [3.8, 4) is 11.5 Å². The molecule has 0 amide bonds. The third-order valence-corrected chi connectivity index (χ3v) is 2.83. The number of ether oxygens (including phenoxy) is 2. The lowest BCUT2D eigenvalue weighted by Crippen LogP contribution is -2.22. The smallest absolute Gasteiger partial charge is 0.303 e. The van der Waals surface area contributed by atoms with Crippen molar-refractivity contribution < 1.29 is 23.9 Å². The highest BCUT2D eigenvalue weighted by Gasteiger charge is 2.26. The molecule has 0 aliphatic carbocycles. The molecule has 1 aromatic heterocycles. The molecule has 20 heavy (non-hydrogen) atoms. The monoisotopic (exact) mass is 276 g/mol. The second-order valence-electron chi connectivity index (χ2n) is 4.30. The Labute approximate surface area is 114 Å². The normalized spacial score (nSPS) is 16.9. The fourth-order valence-corrected chi connectivity index (χ4v) is 1.86. The fraction of sp³-hybridized carbons (Fsp3) is 0.308. The van der Waals surface area contributed by atoms with Gasteiger partial charge in [0.1, 0.15) is 6.61 Å². The van der Waals surface area contributed by atoms with Crippen LogP contribution in [0.2, 0.25) is 0 Å². The van der Waals surface area contributed by atoms with Crippen molar-refractivity contribution in [2.45, 2.75) is 18.9 Å². The predicted molar refractivity (Wildman–Crippen MR) is 65.6 cm³/mol. The van der Waals surface area contributed by atoms with Crippen LogP contribution in [0.3, 0.4) is 0 Å². The second kappa shape index (κ2) is 5.20. The van der Waals surface area contributed by atoms with Crippen LogP contribution in [-0.2, 0) is 11.2 Å². The molecule has 3 rings (SSSR count). The zero-order valence-electron chi connectivity index (χ0n) is 10.5. The highest BCUT2D eigenvalue weighted by Crippen LogP contribution is 2.35. The van der Waals surface area contributed by atoms with Gasteiger partial charge in [-0.2, -0.15) is 4.98 Å². The summed E-state index contributed by atoms with van der Waals surface area (Å²) in [5, 5.41) is 12.4. The minimum absolute atomic E-state index is 0.0491. The number of hydrogen-bond acceptors (Lipinski definition) is 6. The van der Waals surface area contributed by atoms with Gasteiger partial charge in [-0.3, -0.25) is 4.79 Å². The molecule has 0 spiro atoms. The van der Waals surface area contributed by atoms with Gasteiger partial charge in [-0.15, -0.1) is 0 Å². The Morgan fingerprint density at radius 3 is 2.95 bits per heavy atom. The molecule has 0 fully saturated rings. The SMILES string of the molecule is O=C(O)CCc1nc([C@@H]2COc3ccccc3O2)no1. The van der Waals surface area contributed by atoms with E-state index in [1.54, 1.807) is 6.07 Å². The molecule has 2 aromatic rings. The van der Waals surface area contributed by atoms with Gasteiger partial charge in [0.2, 0.25) is 11.7 Å². The predicted octanol–water partition coefficient (Wildman–Crippen LogP) is 1.60. The first kappa shape index (κ1) is 12.5. The van der Waals surface area contributed by atoms with Gasteiger partial charge in [-0.05, 0) is 12.1 Å². The highest BCUT2D eigenvalue weighted by molar-refractivity contribution is 5.66. The summed E-state index contributed by atoms with van der Waals surface area (Å²) in [5.41, 5.74) is 0. The number of aliphatic carboxylic acids is 1. The van der Waals surface area contributed by atoms with Crippen LogP contribution in [0.4, 0.5) is 0 Å². The molecular formula is C13H12N2O5. The van der Waals surface area contributed by atoms with Gasteiger partial charge in [-0.25, -0.2) is 0 Å². The Morgan fingerprint density at radius 1 is 1.35 bits per heavy atom. The van der Waals surface area contributed by atoms with E-state index in [1.165, 1.54) is 0 Å². The Morgan fingerprint density at radius 2 is 2.15 bits per heavy atom. The van der Waals surface area contributed by atoms with Gasteiger partial charge in [0, 0.05) is 6.42 Å². The quantitative estimate of drug-likeness (QED) is 0.906. The molecule has 0 saturated carbocycles. The van der Waals surface area contributed by atoms with Crippen molar-refractivity contribution in [2.75, 3.05) is 6.61 Å². The van der Waals surface area contributed by atoms with Crippen molar-refractivity contribution in [3.05, 3.63) is 36.0 Å². The molecular weight excluding hydrogens is 264 g/mol. The standard InChI is InChI=1S/C13H12N2O5/c16-12(17)6-5-11-14-13(15-20-11)10-7-18-8-3-1-2-4-9(8)19-10/h1-4,10H,5-7H2,(H,16,17)/t10-/m0/s1. The number of carboxylic acid groups (broad SMARTS) is 1. The maximum atomic E-state index is 10.5. The number of rotatable bonds is 4. The molecule has 0 saturated heterocycles. The van der Waals surface area contributed by atoms with Crippen LogP contribution in [-0.4, -0.2) is 27.8 Å². The van der Waals surface area contributed by atoms with E-state index in [0.29, 0.717) is 17.3 Å². The average molecular weight is 276 g/mol. The number of benzene rings is 1. The van der Waals surface area contributed by atoms with Gasteiger partial charge in [0.05, 0.1) is 6.42 Å². The maximum absolute atomic E-state index is 10.5. The molecule has 0 radical (unpaired) electrons. The van der Waals surface area contributed by atoms with Gasteiger partial charge in [-0.1, -0.05) is 17.3 Å². The maximum Gasteiger partial charge on any atom is 0.303 e. The van der Waals surface area contributed by atoms with Crippen molar-refractivity contribution in [2.24, 2.45) is 0 Å². The molecule has 1 aromatic carbocycles. The Hall–Kier alpha value is -2.57. The first-order valence-electron chi connectivity index (χ1n) is 6.15. The average Bonchev–Trinajstić information content (AvgIpc) is 2.93. The summed E-state index contributed by atoms with van der Waals surface area (Å²) in [7, 11) is 0. The molecule has 0 bridgehead atoms. The molecule has 7 nitrogen and oxygen atoms in total. The minimum Gasteiger partial charge on any atom is -0.485 e. The van der Waals surface area contributed by atoms with Crippen molar-refractivity contribution in [3.63, 3.8) is 0 Å². The summed E-state index contributed by atoms with van der Waals surface area (Å²) in [5.74, 6) is 1.04. The number of fused-ring (bicyclic) bond motifs is 1. The van der Waals surface area contributed by atoms with Gasteiger partial charge in [0.15, 0.2) is 17.6 Å². The summed E-state index contributed by atoms with van der Waals surface area (Å²) in [6, 6.07) is 7.33. The largest absolute Gasteiger partial charge is 0.485 e. The third kappa shape index (κ3) is 2.56. The number of carboxylic acids is 1. The Kier molecular flexibility index (Phi) is 3.24. The third-order valence-electron chi connectivity index (χ3n) is 2.83. The van der Waals surface area contributed by atoms with Crippen molar-refractivity contribution in [1.82, 2.24) is 10.1 Å². The fourth-order valence-electron chi connectivity index (χ4n) is 1.86. The molecule has 7 heteroatoms. The number of nitrogens with zero attached hydrogens (tertiary/aromatic N) is 2. The molecule has 1 N–H and O–H groups in total. The van der Waals surface area contributed by atoms with Crippen LogP contribution in [0, 0.1) is 0 Å². The zero-order valence-corrected chi connectivity index (χ0v) is 10.5. The van der Waals surface area contributed by atoms with E-state index in [0.717, 1.165) is 0 Å². The first-order chi connectivity index (χ1) is 9.72. The van der Waals surface area contributed by atoms with Crippen LogP contribution in [0.1, 0.15) is 24.2 Å². The summed E-state index contributed by atoms with van der Waals surface area (Å²) in [6.07, 6.45) is -0.300. The molecule has 2 heterocycles. The number of carbonyl (C=O) groups is 1. The lowest BCUT2D eigenvalue weighted by atomic mass is 10.2. The lowest BCUT2D eigenvalue weighted by Gasteiger charge is -2.24. The van der Waals surface area contributed by atoms with E-state index in [9.17, 15) is 4.79 Å². The van der Waals surface area contributed by atoms with Crippen LogP contribution >= 0.6 is 0 Å². The van der Waals surface area contributed by atoms with E-state index >= 15 is 0 Å². The molecule has 1 aliphatic rings. The zero-order chi connectivity index (χ0) is 13.9. The lowest BCUT2D eigenvalue weighted by molar-refractivity contribution is -0.137. The molecule has 104 valence electrons. The Bertz CT molecular complexity index is 625. The van der Waals surface area contributed by atoms with Crippen LogP contribution in [0.25, 0.3) is 0 Å². The van der Waals surface area contributed by atoms with Crippen molar-refractivity contribution in [1.29, 1.82) is 0 Å². The highest BCUT2D eigenvalue weighted by atomic mass is 16.6. The number of aromatic nitrogens is 2. The summed E-state index contributed by atoms with van der Waals surface area (Å²) >= 11 is 0. The topological polar surface area (TPSA) is 94.7 Å². The minimum atomic E-state index is -0.907. The van der Waals surface area contributed by atoms with E-state index in [1.807, 2.05) is 18.2 Å². The molecule has 1 atom stereocenters. The summed E-state index contributed by atoms with van der Waals surface area (Å²) in [4.78, 5) is 14.6. The Balaban J connectivity index is 1.70. The van der Waals surface area contributed by atoms with Crippen molar-refractivity contribution >= 4 is 5.97 Å². The number of hydrogen-bond donors (Lipinski definition) is 1. The second-order valence-corrected chi connectivity index (χ2v) is 4.30. The van der Waals surface area contributed by atoms with E-state index in [2.05, 4.69) is 10.1 Å². The van der Waals surface area contributed by atoms with Gasteiger partial charge < -0.3 is 19.1 Å². The first-order valence-corrected chi connectivity index (χ1v) is 6.15. The molecule has 0 unspecified atom stereocenters. The van der Waals surface area contributed by atoms with Gasteiger partial charge in [0.25, 0.3) is 0 Å². The van der Waals surface area contributed by atoms with E-state index in [-0.39, 0.29) is 25.3 Å². The summed E-state index contributed by atoms with van der Waals surface area (Å²) < 4.78 is 16.3. The summed E-state index contributed by atoms with van der Waals surface area (Å²) in [6.45, 7) is 0.287. The van der Waals surface area contributed by atoms with Crippen LogP contribution < -0.4 is 9.47 Å². The van der Waals surface area contributed by atoms with Gasteiger partial charge >= 0.3 is 5.97 Å². The number of aryl methyl sites for hydroxylation is 1. The van der Waals surface area contributed by atoms with E-state index in [4.69, 9.17) is 19.1 Å². The van der Waals surface area contributed by atoms with E-state index < -0.39 is 12.1 Å². The molecule has 1 aliphatic heterocycles. The number of para-hydroxylation sites is 2. The van der Waals surface area contributed by atoms with Crippen LogP contribution in [0.15, 0.2) is 28.8 Å². The van der Waals surface area contributed by atoms with Crippen LogP contribution in [0.5, 0.6) is 11.5 Å².